The van der Waals surface area contributed by atoms with Gasteiger partial charge in [-0.25, -0.2) is 9.97 Å². The van der Waals surface area contributed by atoms with E-state index in [1.807, 2.05) is 36.4 Å². The zero-order valence-corrected chi connectivity index (χ0v) is 27.1. The third kappa shape index (κ3) is 4.23. The smallest absolute Gasteiger partial charge is 0.160 e. The van der Waals surface area contributed by atoms with Crippen molar-refractivity contribution in [2.45, 2.75) is 5.41 Å². The normalized spacial score (nSPS) is 13.1. The van der Waals surface area contributed by atoms with E-state index < -0.39 is 5.41 Å². The number of ether oxygens (including phenoxy) is 1. The quantitative estimate of drug-likeness (QED) is 0.192. The molecule has 0 unspecified atom stereocenters. The van der Waals surface area contributed by atoms with Crippen LogP contribution in [0.5, 0.6) is 11.5 Å². The second kappa shape index (κ2) is 11.3. The van der Waals surface area contributed by atoms with E-state index in [0.717, 1.165) is 56.3 Å². The minimum atomic E-state index is -0.533. The molecule has 3 nitrogen and oxygen atoms in total. The molecule has 50 heavy (non-hydrogen) atoms. The van der Waals surface area contributed by atoms with E-state index in [0.29, 0.717) is 5.82 Å². The lowest BCUT2D eigenvalue weighted by Crippen LogP contribution is -2.32. The summed E-state index contributed by atoms with van der Waals surface area (Å²) in [5.41, 5.74) is 14.1. The molecule has 2 heterocycles. The summed E-state index contributed by atoms with van der Waals surface area (Å²) in [6, 6.07) is 64.2. The second-order valence-corrected chi connectivity index (χ2v) is 12.9. The van der Waals surface area contributed by atoms with Gasteiger partial charge in [-0.05, 0) is 51.6 Å². The van der Waals surface area contributed by atoms with E-state index in [4.69, 9.17) is 14.7 Å². The molecule has 1 aromatic heterocycles. The van der Waals surface area contributed by atoms with Crippen molar-refractivity contribution in [3.63, 3.8) is 0 Å². The van der Waals surface area contributed by atoms with Gasteiger partial charge in [0.25, 0.3) is 0 Å². The maximum Gasteiger partial charge on any atom is 0.160 e. The maximum atomic E-state index is 6.58. The second-order valence-electron chi connectivity index (χ2n) is 12.9. The Morgan fingerprint density at radius 2 is 0.840 bits per heavy atom. The summed E-state index contributed by atoms with van der Waals surface area (Å²) in [6.07, 6.45) is 0. The van der Waals surface area contributed by atoms with Crippen molar-refractivity contribution in [1.29, 1.82) is 0 Å². The molecule has 2 aliphatic rings. The maximum absolute atomic E-state index is 6.58. The van der Waals surface area contributed by atoms with Gasteiger partial charge in [0.15, 0.2) is 5.82 Å². The van der Waals surface area contributed by atoms with E-state index in [2.05, 4.69) is 146 Å². The first-order valence-electron chi connectivity index (χ1n) is 17.0. The summed E-state index contributed by atoms with van der Waals surface area (Å²) in [4.78, 5) is 10.1. The first-order chi connectivity index (χ1) is 24.8. The van der Waals surface area contributed by atoms with Crippen molar-refractivity contribution in [3.8, 4) is 67.7 Å². The highest BCUT2D eigenvalue weighted by atomic mass is 16.5. The summed E-state index contributed by atoms with van der Waals surface area (Å²) < 4.78 is 6.58. The Bertz CT molecular complexity index is 2450. The summed E-state index contributed by atoms with van der Waals surface area (Å²) in [5.74, 6) is 2.50. The van der Waals surface area contributed by atoms with Gasteiger partial charge in [0, 0.05) is 27.8 Å². The van der Waals surface area contributed by atoms with Gasteiger partial charge < -0.3 is 4.74 Å². The third-order valence-corrected chi connectivity index (χ3v) is 10.2. The number of para-hydroxylation sites is 2. The van der Waals surface area contributed by atoms with Crippen molar-refractivity contribution >= 4 is 0 Å². The summed E-state index contributed by atoms with van der Waals surface area (Å²) in [5, 5.41) is 0. The lowest BCUT2D eigenvalue weighted by molar-refractivity contribution is 0.436. The van der Waals surface area contributed by atoms with Gasteiger partial charge in [0.1, 0.15) is 11.5 Å². The highest BCUT2D eigenvalue weighted by Crippen LogP contribution is 2.63. The molecule has 1 spiro atoms. The van der Waals surface area contributed by atoms with Crippen molar-refractivity contribution in [2.75, 3.05) is 0 Å². The average Bonchev–Trinajstić information content (AvgIpc) is 3.49. The summed E-state index contributed by atoms with van der Waals surface area (Å²) >= 11 is 0. The highest BCUT2D eigenvalue weighted by molar-refractivity contribution is 5.94. The molecule has 0 N–H and O–H groups in total. The molecule has 10 rings (SSSR count). The molecule has 234 valence electrons. The first kappa shape index (κ1) is 28.4. The number of rotatable bonds is 4. The fourth-order valence-corrected chi connectivity index (χ4v) is 8.04. The van der Waals surface area contributed by atoms with E-state index in [9.17, 15) is 0 Å². The molecule has 0 radical (unpaired) electrons. The van der Waals surface area contributed by atoms with E-state index >= 15 is 0 Å². The van der Waals surface area contributed by atoms with Crippen molar-refractivity contribution in [3.05, 3.63) is 204 Å². The van der Waals surface area contributed by atoms with Crippen LogP contribution in [-0.4, -0.2) is 9.97 Å². The number of fused-ring (bicyclic) bond motifs is 9. The Kier molecular flexibility index (Phi) is 6.40. The molecule has 0 fully saturated rings. The van der Waals surface area contributed by atoms with Gasteiger partial charge in [0.2, 0.25) is 0 Å². The average molecular weight is 639 g/mol. The standard InChI is InChI=1S/C47H30N2O/c1-3-14-32(15-4-1)41-30-42(49-46(48-41)34-16-5-2-6-17-34)33-28-26-31(27-29-33)35-19-13-20-37-36-18-7-8-21-38(36)47(45(35)37)39-22-9-11-24-43(39)50-44-25-12-10-23-40(44)47/h1-30H. The van der Waals surface area contributed by atoms with E-state index in [1.54, 1.807) is 0 Å². The molecule has 3 heteroatoms. The van der Waals surface area contributed by atoms with Crippen LogP contribution in [0.1, 0.15) is 22.3 Å². The molecule has 0 atom stereocenters. The number of hydrogen-bond donors (Lipinski definition) is 0. The van der Waals surface area contributed by atoms with Crippen LogP contribution in [-0.2, 0) is 5.41 Å². The summed E-state index contributed by atoms with van der Waals surface area (Å²) in [6.45, 7) is 0. The molecule has 0 saturated heterocycles. The molecule has 0 bridgehead atoms. The Morgan fingerprint density at radius 1 is 0.360 bits per heavy atom. The number of benzene rings is 7. The highest BCUT2D eigenvalue weighted by Gasteiger charge is 2.52. The fourth-order valence-electron chi connectivity index (χ4n) is 8.04. The van der Waals surface area contributed by atoms with Gasteiger partial charge >= 0.3 is 0 Å². The Labute approximate surface area is 291 Å². The molecular weight excluding hydrogens is 609 g/mol. The lowest BCUT2D eigenvalue weighted by Gasteiger charge is -2.40. The lowest BCUT2D eigenvalue weighted by atomic mass is 9.64. The predicted octanol–water partition coefficient (Wildman–Crippen LogP) is 11.6. The van der Waals surface area contributed by atoms with Crippen LogP contribution in [0.3, 0.4) is 0 Å². The van der Waals surface area contributed by atoms with Crippen LogP contribution in [0.4, 0.5) is 0 Å². The van der Waals surface area contributed by atoms with Crippen LogP contribution in [0.25, 0.3) is 56.2 Å². The van der Waals surface area contributed by atoms with Gasteiger partial charge in [-0.3, -0.25) is 0 Å². The first-order valence-corrected chi connectivity index (χ1v) is 17.0. The third-order valence-electron chi connectivity index (χ3n) is 10.2. The summed E-state index contributed by atoms with van der Waals surface area (Å²) in [7, 11) is 0. The predicted molar refractivity (Wildman–Crippen MR) is 201 cm³/mol. The number of nitrogens with zero attached hydrogens (tertiary/aromatic N) is 2. The SMILES string of the molecule is c1ccc(-c2cc(-c3ccc(-c4cccc5c4C4(c6ccccc6Oc6ccccc64)c4ccccc4-5)cc3)nc(-c3ccccc3)n2)cc1. The monoisotopic (exact) mass is 638 g/mol. The van der Waals surface area contributed by atoms with Crippen LogP contribution in [0, 0.1) is 0 Å². The molecule has 8 aromatic rings. The van der Waals surface area contributed by atoms with Crippen molar-refractivity contribution in [2.24, 2.45) is 0 Å². The van der Waals surface area contributed by atoms with Crippen LogP contribution >= 0.6 is 0 Å². The Balaban J connectivity index is 1.16. The van der Waals surface area contributed by atoms with Crippen molar-refractivity contribution in [1.82, 2.24) is 9.97 Å². The molecule has 0 saturated carbocycles. The molecule has 1 aliphatic heterocycles. The fraction of sp³-hybridized carbons (Fsp3) is 0.0213. The Hall–Kier alpha value is -6.58. The van der Waals surface area contributed by atoms with Crippen LogP contribution in [0.15, 0.2) is 182 Å². The number of hydrogen-bond acceptors (Lipinski definition) is 3. The van der Waals surface area contributed by atoms with Gasteiger partial charge in [0.05, 0.1) is 16.8 Å². The molecule has 1 aliphatic carbocycles. The molecule has 0 amide bonds. The molecule has 7 aromatic carbocycles. The van der Waals surface area contributed by atoms with Crippen molar-refractivity contribution < 1.29 is 4.74 Å². The zero-order valence-electron chi connectivity index (χ0n) is 27.1. The van der Waals surface area contributed by atoms with Gasteiger partial charge in [-0.1, -0.05) is 164 Å². The largest absolute Gasteiger partial charge is 0.457 e. The topological polar surface area (TPSA) is 35.0 Å². The minimum Gasteiger partial charge on any atom is -0.457 e. The van der Waals surface area contributed by atoms with Crippen LogP contribution in [0.2, 0.25) is 0 Å². The van der Waals surface area contributed by atoms with E-state index in [-0.39, 0.29) is 0 Å². The van der Waals surface area contributed by atoms with Gasteiger partial charge in [-0.15, -0.1) is 0 Å². The number of aromatic nitrogens is 2. The zero-order chi connectivity index (χ0) is 33.1. The van der Waals surface area contributed by atoms with Gasteiger partial charge in [-0.2, -0.15) is 0 Å². The van der Waals surface area contributed by atoms with Crippen LogP contribution < -0.4 is 4.74 Å². The Morgan fingerprint density at radius 3 is 1.50 bits per heavy atom. The minimum absolute atomic E-state index is 0.533. The molecular formula is C47H30N2O. The van der Waals surface area contributed by atoms with E-state index in [1.165, 1.54) is 27.8 Å².